The third-order valence-electron chi connectivity index (χ3n) is 4.59. The predicted molar refractivity (Wildman–Crippen MR) is 109 cm³/mol. The predicted octanol–water partition coefficient (Wildman–Crippen LogP) is 5.54. The van der Waals surface area contributed by atoms with Crippen molar-refractivity contribution in [2.24, 2.45) is 0 Å². The largest absolute Gasteiger partial charge is 0.255 e. The lowest BCUT2D eigenvalue weighted by Gasteiger charge is -2.14. The van der Waals surface area contributed by atoms with Crippen molar-refractivity contribution in [3.63, 3.8) is 0 Å². The Morgan fingerprint density at radius 3 is 2.40 bits per heavy atom. The maximum atomic E-state index is 13.7. The fourth-order valence-electron chi connectivity index (χ4n) is 3.15. The second-order valence-electron chi connectivity index (χ2n) is 6.42. The molecular formula is C22H11ClF2N2O2S. The van der Waals surface area contributed by atoms with Crippen LogP contribution in [0, 0.1) is 23.0 Å². The number of halogens is 3. The molecule has 148 valence electrons. The van der Waals surface area contributed by atoms with Gasteiger partial charge in [-0.05, 0) is 48.0 Å². The minimum Gasteiger partial charge on any atom is -0.255 e. The molecule has 0 N–H and O–H groups in total. The van der Waals surface area contributed by atoms with E-state index in [1.54, 1.807) is 24.3 Å². The summed E-state index contributed by atoms with van der Waals surface area (Å²) in [6, 6.07) is 14.8. The molecule has 0 spiro atoms. The summed E-state index contributed by atoms with van der Waals surface area (Å²) in [6.45, 7) is 0. The number of fused-ring (bicyclic) bond motifs is 1. The van der Waals surface area contributed by atoms with Gasteiger partial charge in [0, 0.05) is 22.2 Å². The molecule has 0 atom stereocenters. The molecule has 30 heavy (non-hydrogen) atoms. The second-order valence-corrected chi connectivity index (χ2v) is 8.78. The molecule has 0 unspecified atom stereocenters. The maximum Gasteiger partial charge on any atom is 0.208 e. The smallest absolute Gasteiger partial charge is 0.208 e. The molecule has 4 aromatic rings. The summed E-state index contributed by atoms with van der Waals surface area (Å²) in [5, 5.41) is 9.98. The van der Waals surface area contributed by atoms with Crippen molar-refractivity contribution in [1.82, 2.24) is 4.98 Å². The first kappa shape index (κ1) is 20.0. The van der Waals surface area contributed by atoms with Crippen molar-refractivity contribution >= 4 is 32.3 Å². The van der Waals surface area contributed by atoms with E-state index in [9.17, 15) is 17.2 Å². The highest BCUT2D eigenvalue weighted by Crippen LogP contribution is 2.37. The van der Waals surface area contributed by atoms with Gasteiger partial charge in [0.05, 0.1) is 20.9 Å². The molecule has 0 fully saturated rings. The van der Waals surface area contributed by atoms with E-state index < -0.39 is 21.5 Å². The fraction of sp³-hybridized carbons (Fsp3) is 0. The minimum atomic E-state index is -4.19. The summed E-state index contributed by atoms with van der Waals surface area (Å²) in [4.78, 5) is 3.82. The molecule has 1 heterocycles. The Kier molecular flexibility index (Phi) is 4.98. The number of benzene rings is 3. The molecule has 4 rings (SSSR count). The number of rotatable bonds is 3. The molecule has 4 nitrogen and oxygen atoms in total. The van der Waals surface area contributed by atoms with Gasteiger partial charge < -0.3 is 0 Å². The topological polar surface area (TPSA) is 70.8 Å². The zero-order chi connectivity index (χ0) is 21.5. The van der Waals surface area contributed by atoms with Crippen LogP contribution in [0.3, 0.4) is 0 Å². The zero-order valence-electron chi connectivity index (χ0n) is 15.1. The van der Waals surface area contributed by atoms with Gasteiger partial charge in [-0.15, -0.1) is 0 Å². The molecule has 0 saturated heterocycles. The molecule has 0 amide bonds. The number of nitrogens with zero attached hydrogens (tertiary/aromatic N) is 2. The van der Waals surface area contributed by atoms with Gasteiger partial charge >= 0.3 is 0 Å². The van der Waals surface area contributed by atoms with Crippen LogP contribution in [-0.4, -0.2) is 13.4 Å². The standard InChI is InChI=1S/C22H11ClF2N2O2S/c23-15-3-7-18-20(10-15)27-12-21(22(18)13-1-4-16(24)5-2-13)30(28,29)17-6-8-19(25)14(9-17)11-26/h1-10,12H. The van der Waals surface area contributed by atoms with Crippen LogP contribution >= 0.6 is 11.6 Å². The van der Waals surface area contributed by atoms with Crippen LogP contribution in [0.25, 0.3) is 22.0 Å². The van der Waals surface area contributed by atoms with E-state index >= 15 is 0 Å². The monoisotopic (exact) mass is 440 g/mol. The minimum absolute atomic E-state index is 0.153. The second kappa shape index (κ2) is 7.48. The third-order valence-corrected chi connectivity index (χ3v) is 6.59. The van der Waals surface area contributed by atoms with E-state index in [0.717, 1.165) is 18.2 Å². The first-order chi connectivity index (χ1) is 14.3. The van der Waals surface area contributed by atoms with E-state index in [1.165, 1.54) is 30.5 Å². The highest BCUT2D eigenvalue weighted by molar-refractivity contribution is 7.91. The van der Waals surface area contributed by atoms with Crippen molar-refractivity contribution < 1.29 is 17.2 Å². The van der Waals surface area contributed by atoms with Crippen LogP contribution in [0.15, 0.2) is 76.7 Å². The van der Waals surface area contributed by atoms with E-state index in [-0.39, 0.29) is 15.4 Å². The molecule has 0 aliphatic heterocycles. The van der Waals surface area contributed by atoms with Crippen LogP contribution in [0.5, 0.6) is 0 Å². The number of hydrogen-bond acceptors (Lipinski definition) is 4. The SMILES string of the molecule is N#Cc1cc(S(=O)(=O)c2cnc3cc(Cl)ccc3c2-c2ccc(F)cc2)ccc1F. The number of aromatic nitrogens is 1. The molecule has 0 saturated carbocycles. The summed E-state index contributed by atoms with van der Waals surface area (Å²) in [7, 11) is -4.19. The molecule has 0 radical (unpaired) electrons. The van der Waals surface area contributed by atoms with Crippen LogP contribution in [0.1, 0.15) is 5.56 Å². The quantitative estimate of drug-likeness (QED) is 0.392. The van der Waals surface area contributed by atoms with E-state index in [4.69, 9.17) is 16.9 Å². The summed E-state index contributed by atoms with van der Waals surface area (Å²) in [5.41, 5.74) is 0.823. The van der Waals surface area contributed by atoms with Crippen molar-refractivity contribution in [2.75, 3.05) is 0 Å². The van der Waals surface area contributed by atoms with Gasteiger partial charge in [0.25, 0.3) is 0 Å². The summed E-state index contributed by atoms with van der Waals surface area (Å²) >= 11 is 6.04. The number of sulfone groups is 1. The van der Waals surface area contributed by atoms with Gasteiger partial charge in [-0.2, -0.15) is 5.26 Å². The van der Waals surface area contributed by atoms with Crippen molar-refractivity contribution in [2.45, 2.75) is 9.79 Å². The molecule has 0 aliphatic carbocycles. The van der Waals surface area contributed by atoms with Gasteiger partial charge in [-0.1, -0.05) is 29.8 Å². The molecule has 3 aromatic carbocycles. The van der Waals surface area contributed by atoms with Crippen molar-refractivity contribution in [3.8, 4) is 17.2 Å². The van der Waals surface area contributed by atoms with Gasteiger partial charge in [-0.25, -0.2) is 17.2 Å². The average molecular weight is 441 g/mol. The Balaban J connectivity index is 2.06. The number of pyridine rings is 1. The number of hydrogen-bond donors (Lipinski definition) is 0. The molecule has 0 bridgehead atoms. The van der Waals surface area contributed by atoms with E-state index in [0.29, 0.717) is 27.1 Å². The lowest BCUT2D eigenvalue weighted by molar-refractivity contribution is 0.594. The highest BCUT2D eigenvalue weighted by Gasteiger charge is 2.25. The van der Waals surface area contributed by atoms with Crippen LogP contribution in [-0.2, 0) is 9.84 Å². The highest BCUT2D eigenvalue weighted by atomic mass is 35.5. The Morgan fingerprint density at radius 1 is 0.967 bits per heavy atom. The third kappa shape index (κ3) is 3.41. The molecule has 0 aliphatic rings. The van der Waals surface area contributed by atoms with Crippen molar-refractivity contribution in [3.05, 3.63) is 89.1 Å². The van der Waals surface area contributed by atoms with E-state index in [1.807, 2.05) is 0 Å². The maximum absolute atomic E-state index is 13.7. The summed E-state index contributed by atoms with van der Waals surface area (Å²) < 4.78 is 54.0. The Morgan fingerprint density at radius 2 is 1.70 bits per heavy atom. The molecule has 8 heteroatoms. The van der Waals surface area contributed by atoms with Crippen molar-refractivity contribution in [1.29, 1.82) is 5.26 Å². The van der Waals surface area contributed by atoms with Gasteiger partial charge in [-0.3, -0.25) is 4.98 Å². The Hall–Kier alpha value is -3.34. The first-order valence-corrected chi connectivity index (χ1v) is 10.5. The lowest BCUT2D eigenvalue weighted by Crippen LogP contribution is -2.06. The Labute approximate surface area is 175 Å². The molecule has 1 aromatic heterocycles. The van der Waals surface area contributed by atoms with Gasteiger partial charge in [0.2, 0.25) is 9.84 Å². The lowest BCUT2D eigenvalue weighted by atomic mass is 10.0. The molecular weight excluding hydrogens is 430 g/mol. The normalized spacial score (nSPS) is 11.4. The Bertz CT molecular complexity index is 1450. The van der Waals surface area contributed by atoms with Gasteiger partial charge in [0.1, 0.15) is 17.7 Å². The summed E-state index contributed by atoms with van der Waals surface area (Å²) in [5.74, 6) is -1.29. The summed E-state index contributed by atoms with van der Waals surface area (Å²) in [6.07, 6.45) is 1.18. The number of nitriles is 1. The van der Waals surface area contributed by atoms with Gasteiger partial charge in [0.15, 0.2) is 0 Å². The van der Waals surface area contributed by atoms with Crippen LogP contribution in [0.4, 0.5) is 8.78 Å². The van der Waals surface area contributed by atoms with Crippen LogP contribution in [0.2, 0.25) is 5.02 Å². The zero-order valence-corrected chi connectivity index (χ0v) is 16.7. The first-order valence-electron chi connectivity index (χ1n) is 8.60. The fourth-order valence-corrected chi connectivity index (χ4v) is 4.78. The van der Waals surface area contributed by atoms with E-state index in [2.05, 4.69) is 4.98 Å². The van der Waals surface area contributed by atoms with Crippen LogP contribution < -0.4 is 0 Å². The average Bonchev–Trinajstić information content (AvgIpc) is 2.73.